The van der Waals surface area contributed by atoms with E-state index < -0.39 is 0 Å². The molecule has 7 heteroatoms. The summed E-state index contributed by atoms with van der Waals surface area (Å²) in [5, 5.41) is 4.32. The average molecular weight is 220 g/mol. The summed E-state index contributed by atoms with van der Waals surface area (Å²) in [6.45, 7) is 3.02. The predicted molar refractivity (Wildman–Crippen MR) is 58.2 cm³/mol. The smallest absolute Gasteiger partial charge is 0.255 e. The molecule has 0 atom stereocenters. The maximum atomic E-state index is 5.78. The number of nitrogens with zero attached hydrogens (tertiary/aromatic N) is 5. The number of nitrogen functional groups attached to an aromatic ring is 1. The van der Waals surface area contributed by atoms with Crippen molar-refractivity contribution in [2.75, 3.05) is 36.9 Å². The Balaban J connectivity index is 2.01. The summed E-state index contributed by atoms with van der Waals surface area (Å²) in [4.78, 5) is 10.5. The Kier molecular flexibility index (Phi) is 2.10. The molecule has 0 bridgehead atoms. The summed E-state index contributed by atoms with van der Waals surface area (Å²) in [5.41, 5.74) is 5.78. The van der Waals surface area contributed by atoms with Crippen molar-refractivity contribution in [2.45, 2.75) is 0 Å². The summed E-state index contributed by atoms with van der Waals surface area (Å²) >= 11 is 0. The van der Waals surface area contributed by atoms with E-state index in [1.807, 2.05) is 0 Å². The Bertz CT molecular complexity index is 504. The predicted octanol–water partition coefficient (Wildman–Crippen LogP) is -0.457. The number of hydrogen-bond acceptors (Lipinski definition) is 6. The van der Waals surface area contributed by atoms with Gasteiger partial charge in [-0.15, -0.1) is 5.10 Å². The maximum Gasteiger partial charge on any atom is 0.255 e. The standard InChI is InChI=1S/C9H12N6O/c10-7-1-2-11-8-12-9(13-15(7)8)14-3-5-16-6-4-14/h1-2H,3-6,10H2. The lowest BCUT2D eigenvalue weighted by Gasteiger charge is -2.25. The Hall–Kier alpha value is -1.89. The molecular formula is C9H12N6O. The van der Waals surface area contributed by atoms with Crippen LogP contribution >= 0.6 is 0 Å². The van der Waals surface area contributed by atoms with Crippen molar-refractivity contribution in [3.05, 3.63) is 12.3 Å². The van der Waals surface area contributed by atoms with Gasteiger partial charge in [-0.2, -0.15) is 9.50 Å². The van der Waals surface area contributed by atoms with Crippen LogP contribution in [0, 0.1) is 0 Å². The molecule has 1 saturated heterocycles. The third kappa shape index (κ3) is 1.45. The zero-order chi connectivity index (χ0) is 11.0. The fourth-order valence-electron chi connectivity index (χ4n) is 1.70. The minimum absolute atomic E-state index is 0.529. The van der Waals surface area contributed by atoms with Gasteiger partial charge in [0.2, 0.25) is 5.95 Å². The van der Waals surface area contributed by atoms with Gasteiger partial charge in [0, 0.05) is 19.3 Å². The van der Waals surface area contributed by atoms with Crippen LogP contribution in [0.25, 0.3) is 5.78 Å². The van der Waals surface area contributed by atoms with Crippen molar-refractivity contribution >= 4 is 17.5 Å². The second kappa shape index (κ2) is 3.60. The number of nitrogens with two attached hydrogens (primary N) is 1. The first-order valence-corrected chi connectivity index (χ1v) is 5.14. The highest BCUT2D eigenvalue weighted by atomic mass is 16.5. The lowest BCUT2D eigenvalue weighted by Crippen LogP contribution is -2.36. The summed E-state index contributed by atoms with van der Waals surface area (Å²) in [7, 11) is 0. The number of rotatable bonds is 1. The van der Waals surface area contributed by atoms with Crippen LogP contribution in [0.15, 0.2) is 12.3 Å². The summed E-state index contributed by atoms with van der Waals surface area (Å²) in [6.07, 6.45) is 1.63. The second-order valence-corrected chi connectivity index (χ2v) is 3.59. The molecular weight excluding hydrogens is 208 g/mol. The largest absolute Gasteiger partial charge is 0.383 e. The van der Waals surface area contributed by atoms with Gasteiger partial charge in [-0.05, 0) is 6.07 Å². The van der Waals surface area contributed by atoms with E-state index in [1.54, 1.807) is 16.8 Å². The van der Waals surface area contributed by atoms with Crippen LogP contribution in [0.4, 0.5) is 11.8 Å². The van der Waals surface area contributed by atoms with Crippen molar-refractivity contribution < 1.29 is 4.74 Å². The SMILES string of the molecule is Nc1ccnc2nc(N3CCOCC3)nn12. The summed E-state index contributed by atoms with van der Waals surface area (Å²) < 4.78 is 6.82. The van der Waals surface area contributed by atoms with E-state index in [0.717, 1.165) is 13.1 Å². The molecule has 84 valence electrons. The molecule has 0 aliphatic carbocycles. The van der Waals surface area contributed by atoms with Crippen molar-refractivity contribution in [3.63, 3.8) is 0 Å². The van der Waals surface area contributed by atoms with Gasteiger partial charge < -0.3 is 15.4 Å². The van der Waals surface area contributed by atoms with Crippen LogP contribution < -0.4 is 10.6 Å². The third-order valence-electron chi connectivity index (χ3n) is 2.55. The van der Waals surface area contributed by atoms with Gasteiger partial charge in [-0.25, -0.2) is 4.98 Å². The molecule has 1 aliphatic rings. The highest BCUT2D eigenvalue weighted by Crippen LogP contribution is 2.12. The monoisotopic (exact) mass is 220 g/mol. The summed E-state index contributed by atoms with van der Waals surface area (Å²) in [5.74, 6) is 1.73. The van der Waals surface area contributed by atoms with Crippen LogP contribution in [0.2, 0.25) is 0 Å². The fourth-order valence-corrected chi connectivity index (χ4v) is 1.70. The van der Waals surface area contributed by atoms with Gasteiger partial charge in [0.25, 0.3) is 5.78 Å². The first-order chi connectivity index (χ1) is 7.84. The Morgan fingerprint density at radius 3 is 2.88 bits per heavy atom. The zero-order valence-electron chi connectivity index (χ0n) is 8.70. The molecule has 0 spiro atoms. The van der Waals surface area contributed by atoms with Gasteiger partial charge in [-0.3, -0.25) is 0 Å². The van der Waals surface area contributed by atoms with Crippen molar-refractivity contribution in [2.24, 2.45) is 0 Å². The minimum Gasteiger partial charge on any atom is -0.383 e. The van der Waals surface area contributed by atoms with Crippen LogP contribution in [0.3, 0.4) is 0 Å². The van der Waals surface area contributed by atoms with Crippen molar-refractivity contribution in [3.8, 4) is 0 Å². The van der Waals surface area contributed by atoms with E-state index in [4.69, 9.17) is 10.5 Å². The van der Waals surface area contributed by atoms with E-state index >= 15 is 0 Å². The Labute approximate surface area is 91.8 Å². The lowest BCUT2D eigenvalue weighted by atomic mass is 10.4. The van der Waals surface area contributed by atoms with Gasteiger partial charge in [0.15, 0.2) is 0 Å². The zero-order valence-corrected chi connectivity index (χ0v) is 8.70. The fraction of sp³-hybridized carbons (Fsp3) is 0.444. The number of aromatic nitrogens is 4. The van der Waals surface area contributed by atoms with E-state index in [0.29, 0.717) is 30.8 Å². The van der Waals surface area contributed by atoms with Crippen LogP contribution in [-0.4, -0.2) is 45.9 Å². The van der Waals surface area contributed by atoms with Crippen LogP contribution in [-0.2, 0) is 4.74 Å². The lowest BCUT2D eigenvalue weighted by molar-refractivity contribution is 0.122. The number of morpholine rings is 1. The molecule has 7 nitrogen and oxygen atoms in total. The maximum absolute atomic E-state index is 5.78. The molecule has 16 heavy (non-hydrogen) atoms. The minimum atomic E-state index is 0.529. The Morgan fingerprint density at radius 1 is 1.31 bits per heavy atom. The molecule has 0 saturated carbocycles. The molecule has 1 fully saturated rings. The highest BCUT2D eigenvalue weighted by molar-refractivity contribution is 5.45. The molecule has 3 heterocycles. The van der Waals surface area contributed by atoms with E-state index in [1.165, 1.54) is 0 Å². The molecule has 0 unspecified atom stereocenters. The normalized spacial score (nSPS) is 16.9. The van der Waals surface area contributed by atoms with Gasteiger partial charge in [-0.1, -0.05) is 0 Å². The van der Waals surface area contributed by atoms with E-state index in [-0.39, 0.29) is 0 Å². The molecule has 0 aromatic carbocycles. The van der Waals surface area contributed by atoms with Crippen molar-refractivity contribution in [1.82, 2.24) is 19.6 Å². The topological polar surface area (TPSA) is 81.6 Å². The number of ether oxygens (including phenoxy) is 1. The average Bonchev–Trinajstić information content (AvgIpc) is 2.76. The number of hydrogen-bond donors (Lipinski definition) is 1. The van der Waals surface area contributed by atoms with Gasteiger partial charge >= 0.3 is 0 Å². The van der Waals surface area contributed by atoms with Crippen LogP contribution in [0.5, 0.6) is 0 Å². The molecule has 2 N–H and O–H groups in total. The Morgan fingerprint density at radius 2 is 2.12 bits per heavy atom. The first kappa shape index (κ1) is 9.34. The molecule has 1 aliphatic heterocycles. The quantitative estimate of drug-likeness (QED) is 0.700. The summed E-state index contributed by atoms with van der Waals surface area (Å²) in [6, 6.07) is 1.70. The molecule has 2 aromatic heterocycles. The molecule has 0 radical (unpaired) electrons. The van der Waals surface area contributed by atoms with Gasteiger partial charge in [0.05, 0.1) is 13.2 Å². The van der Waals surface area contributed by atoms with Crippen LogP contribution in [0.1, 0.15) is 0 Å². The van der Waals surface area contributed by atoms with E-state index in [9.17, 15) is 0 Å². The van der Waals surface area contributed by atoms with E-state index in [2.05, 4.69) is 20.0 Å². The molecule has 2 aromatic rings. The molecule has 3 rings (SSSR count). The van der Waals surface area contributed by atoms with Crippen molar-refractivity contribution in [1.29, 1.82) is 0 Å². The van der Waals surface area contributed by atoms with Gasteiger partial charge in [0.1, 0.15) is 5.82 Å². The number of anilines is 2. The molecule has 0 amide bonds. The highest BCUT2D eigenvalue weighted by Gasteiger charge is 2.16. The number of fused-ring (bicyclic) bond motifs is 1. The third-order valence-corrected chi connectivity index (χ3v) is 2.55. The second-order valence-electron chi connectivity index (χ2n) is 3.59. The first-order valence-electron chi connectivity index (χ1n) is 5.14.